The Morgan fingerprint density at radius 2 is 1.92 bits per heavy atom. The van der Waals surface area contributed by atoms with Gasteiger partial charge in [-0.3, -0.25) is 9.59 Å². The molecule has 0 radical (unpaired) electrons. The van der Waals surface area contributed by atoms with E-state index in [2.05, 4.69) is 5.10 Å². The highest BCUT2D eigenvalue weighted by molar-refractivity contribution is 5.94. The van der Waals surface area contributed by atoms with Gasteiger partial charge in [0.1, 0.15) is 0 Å². The van der Waals surface area contributed by atoms with Gasteiger partial charge >= 0.3 is 6.30 Å². The average Bonchev–Trinajstić information content (AvgIpc) is 3.15. The zero-order valence-electron chi connectivity index (χ0n) is 14.2. The van der Waals surface area contributed by atoms with E-state index < -0.39 is 12.2 Å². The molecule has 2 aromatic rings. The van der Waals surface area contributed by atoms with E-state index in [1.54, 1.807) is 20.9 Å². The molecule has 1 aliphatic heterocycles. The Morgan fingerprint density at radius 3 is 2.48 bits per heavy atom. The first-order valence-electron chi connectivity index (χ1n) is 7.65. The van der Waals surface area contributed by atoms with Crippen molar-refractivity contribution in [1.29, 1.82) is 0 Å². The van der Waals surface area contributed by atoms with E-state index in [1.165, 1.54) is 9.47 Å². The molecular formula is C16H17F3N4O2. The number of carbonyl (C=O) groups is 1. The summed E-state index contributed by atoms with van der Waals surface area (Å²) in [5, 5.41) is 3.21. The number of nitrogens with zero attached hydrogens (tertiary/aromatic N) is 4. The number of aromatic nitrogens is 3. The summed E-state index contributed by atoms with van der Waals surface area (Å²) < 4.78 is 39.3. The fourth-order valence-corrected chi connectivity index (χ4v) is 3.32. The molecule has 2 aromatic heterocycles. The number of pyridine rings is 1. The third kappa shape index (κ3) is 2.54. The van der Waals surface area contributed by atoms with Crippen LogP contribution in [0.25, 0.3) is 0 Å². The van der Waals surface area contributed by atoms with E-state index in [-0.39, 0.29) is 28.4 Å². The summed E-state index contributed by atoms with van der Waals surface area (Å²) in [6.07, 6.45) is -3.09. The molecule has 0 aromatic carbocycles. The van der Waals surface area contributed by atoms with E-state index in [4.69, 9.17) is 0 Å². The SMILES string of the molecule is Cc1c2c(n(C)c(=O)c1C)CN(C(=O)c1cnn(C(F)(F)F)c1)[C@@H]2C. The van der Waals surface area contributed by atoms with Gasteiger partial charge < -0.3 is 9.47 Å². The van der Waals surface area contributed by atoms with Gasteiger partial charge in [0.05, 0.1) is 24.3 Å². The van der Waals surface area contributed by atoms with Crippen LogP contribution >= 0.6 is 0 Å². The van der Waals surface area contributed by atoms with Crippen LogP contribution in [-0.2, 0) is 19.9 Å². The lowest BCUT2D eigenvalue weighted by Gasteiger charge is -2.21. The number of alkyl halides is 3. The minimum absolute atomic E-state index is 0.136. The van der Waals surface area contributed by atoms with Crippen LogP contribution in [0.3, 0.4) is 0 Å². The summed E-state index contributed by atoms with van der Waals surface area (Å²) in [6, 6.07) is -0.345. The molecule has 1 amide bonds. The van der Waals surface area contributed by atoms with Crippen LogP contribution in [-0.4, -0.2) is 25.2 Å². The summed E-state index contributed by atoms with van der Waals surface area (Å²) in [5.74, 6) is -0.552. The van der Waals surface area contributed by atoms with Gasteiger partial charge in [-0.2, -0.15) is 9.78 Å². The Hall–Kier alpha value is -2.58. The molecule has 3 rings (SSSR count). The normalized spacial score (nSPS) is 17.1. The van der Waals surface area contributed by atoms with Gasteiger partial charge in [-0.15, -0.1) is 13.2 Å². The van der Waals surface area contributed by atoms with Crippen LogP contribution in [0.15, 0.2) is 17.2 Å². The van der Waals surface area contributed by atoms with Crippen molar-refractivity contribution in [2.24, 2.45) is 7.05 Å². The van der Waals surface area contributed by atoms with Crippen molar-refractivity contribution in [2.75, 3.05) is 0 Å². The van der Waals surface area contributed by atoms with E-state index in [9.17, 15) is 22.8 Å². The number of carbonyl (C=O) groups excluding carboxylic acids is 1. The molecule has 0 unspecified atom stereocenters. The Bertz CT molecular complexity index is 927. The van der Waals surface area contributed by atoms with E-state index in [0.29, 0.717) is 17.5 Å². The van der Waals surface area contributed by atoms with Crippen LogP contribution < -0.4 is 5.56 Å². The fraction of sp³-hybridized carbons (Fsp3) is 0.438. The third-order valence-corrected chi connectivity index (χ3v) is 4.86. The molecule has 3 heterocycles. The molecule has 25 heavy (non-hydrogen) atoms. The lowest BCUT2D eigenvalue weighted by molar-refractivity contribution is -0.212. The quantitative estimate of drug-likeness (QED) is 0.790. The molecule has 1 atom stereocenters. The van der Waals surface area contributed by atoms with Crippen molar-refractivity contribution in [3.05, 3.63) is 50.7 Å². The first-order valence-corrected chi connectivity index (χ1v) is 7.65. The van der Waals surface area contributed by atoms with Gasteiger partial charge in [0.15, 0.2) is 0 Å². The average molecular weight is 354 g/mol. The standard InChI is InChI=1S/C16H17F3N4O2/c1-8-9(2)14(24)21(4)12-7-22(10(3)13(8)12)15(25)11-5-20-23(6-11)16(17,18)19/h5-6,10H,7H2,1-4H3/t10-/m1/s1. The summed E-state index contributed by atoms with van der Waals surface area (Å²) in [6.45, 7) is 5.51. The monoisotopic (exact) mass is 354 g/mol. The molecule has 0 spiro atoms. The Labute approximate surface area is 141 Å². The molecule has 0 saturated carbocycles. The lowest BCUT2D eigenvalue weighted by Crippen LogP contribution is -2.28. The zero-order valence-corrected chi connectivity index (χ0v) is 14.2. The summed E-state index contributed by atoms with van der Waals surface area (Å²) in [7, 11) is 1.63. The molecule has 0 aliphatic carbocycles. The summed E-state index contributed by atoms with van der Waals surface area (Å²) >= 11 is 0. The van der Waals surface area contributed by atoms with Crippen LogP contribution in [0.1, 0.15) is 45.7 Å². The van der Waals surface area contributed by atoms with Crippen molar-refractivity contribution >= 4 is 5.91 Å². The maximum atomic E-state index is 12.7. The lowest BCUT2D eigenvalue weighted by atomic mass is 10.00. The highest BCUT2D eigenvalue weighted by Crippen LogP contribution is 2.36. The molecular weight excluding hydrogens is 337 g/mol. The van der Waals surface area contributed by atoms with Gasteiger partial charge in [0.25, 0.3) is 11.5 Å². The third-order valence-electron chi connectivity index (χ3n) is 4.86. The van der Waals surface area contributed by atoms with Crippen molar-refractivity contribution in [2.45, 2.75) is 39.7 Å². The van der Waals surface area contributed by atoms with Gasteiger partial charge in [0.2, 0.25) is 0 Å². The predicted molar refractivity (Wildman–Crippen MR) is 83.0 cm³/mol. The molecule has 9 heteroatoms. The van der Waals surface area contributed by atoms with E-state index in [1.807, 2.05) is 6.92 Å². The molecule has 6 nitrogen and oxygen atoms in total. The van der Waals surface area contributed by atoms with Gasteiger partial charge in [-0.25, -0.2) is 0 Å². The maximum Gasteiger partial charge on any atom is 0.504 e. The second-order valence-corrected chi connectivity index (χ2v) is 6.22. The first kappa shape index (κ1) is 17.2. The number of halogens is 3. The molecule has 1 aliphatic rings. The number of fused-ring (bicyclic) bond motifs is 1. The molecule has 0 N–H and O–H groups in total. The van der Waals surface area contributed by atoms with Crippen molar-refractivity contribution in [3.63, 3.8) is 0 Å². The van der Waals surface area contributed by atoms with Gasteiger partial charge in [0, 0.05) is 24.5 Å². The van der Waals surface area contributed by atoms with E-state index >= 15 is 0 Å². The van der Waals surface area contributed by atoms with Crippen LogP contribution in [0, 0.1) is 13.8 Å². The smallest absolute Gasteiger partial charge is 0.326 e. The number of hydrogen-bond donors (Lipinski definition) is 0. The highest BCUT2D eigenvalue weighted by atomic mass is 19.4. The Kier molecular flexibility index (Phi) is 3.77. The van der Waals surface area contributed by atoms with E-state index in [0.717, 1.165) is 17.3 Å². The minimum atomic E-state index is -4.67. The minimum Gasteiger partial charge on any atom is -0.326 e. The van der Waals surface area contributed by atoms with Crippen molar-refractivity contribution in [3.8, 4) is 0 Å². The molecule has 0 bridgehead atoms. The van der Waals surface area contributed by atoms with Crippen LogP contribution in [0.2, 0.25) is 0 Å². The van der Waals surface area contributed by atoms with Crippen LogP contribution in [0.5, 0.6) is 0 Å². The molecule has 0 saturated heterocycles. The first-order chi connectivity index (χ1) is 11.5. The Morgan fingerprint density at radius 1 is 1.28 bits per heavy atom. The predicted octanol–water partition coefficient (Wildman–Crippen LogP) is 2.39. The van der Waals surface area contributed by atoms with Gasteiger partial charge in [-0.05, 0) is 31.9 Å². The van der Waals surface area contributed by atoms with Crippen molar-refractivity contribution < 1.29 is 18.0 Å². The Balaban J connectivity index is 1.99. The van der Waals surface area contributed by atoms with Gasteiger partial charge in [-0.1, -0.05) is 0 Å². The summed E-state index contributed by atoms with van der Waals surface area (Å²) in [5.41, 5.74) is 2.71. The second-order valence-electron chi connectivity index (χ2n) is 6.22. The largest absolute Gasteiger partial charge is 0.504 e. The zero-order chi connectivity index (χ0) is 18.7. The maximum absolute atomic E-state index is 12.7. The molecule has 0 fully saturated rings. The fourth-order valence-electron chi connectivity index (χ4n) is 3.32. The molecule has 134 valence electrons. The van der Waals surface area contributed by atoms with Crippen molar-refractivity contribution in [1.82, 2.24) is 19.2 Å². The number of amides is 1. The second kappa shape index (κ2) is 5.47. The number of hydrogen-bond acceptors (Lipinski definition) is 3. The van der Waals surface area contributed by atoms with Crippen LogP contribution in [0.4, 0.5) is 13.2 Å². The highest BCUT2D eigenvalue weighted by Gasteiger charge is 2.37. The summed E-state index contributed by atoms with van der Waals surface area (Å²) in [4.78, 5) is 26.4. The topological polar surface area (TPSA) is 60.1 Å². The number of rotatable bonds is 1.